The van der Waals surface area contributed by atoms with Gasteiger partial charge in [-0.25, -0.2) is 0 Å². The highest BCUT2D eigenvalue weighted by molar-refractivity contribution is 5.98. The van der Waals surface area contributed by atoms with Crippen molar-refractivity contribution < 1.29 is 0 Å². The highest BCUT2D eigenvalue weighted by atomic mass is 15.1. The fourth-order valence-corrected chi connectivity index (χ4v) is 10.2. The van der Waals surface area contributed by atoms with E-state index >= 15 is 0 Å². The molecule has 11 rings (SSSR count). The van der Waals surface area contributed by atoms with Crippen LogP contribution in [-0.4, -0.2) is 0 Å². The second kappa shape index (κ2) is 11.0. The molecule has 0 unspecified atom stereocenters. The lowest BCUT2D eigenvalue weighted by Crippen LogP contribution is -2.26. The van der Waals surface area contributed by atoms with Crippen LogP contribution in [-0.2, 0) is 10.8 Å². The molecule has 53 heavy (non-hydrogen) atoms. The van der Waals surface area contributed by atoms with Gasteiger partial charge in [0.15, 0.2) is 0 Å². The topological polar surface area (TPSA) is 3.24 Å². The molecule has 0 aliphatic heterocycles. The van der Waals surface area contributed by atoms with Crippen LogP contribution in [0.1, 0.15) is 47.2 Å². The Labute approximate surface area is 311 Å². The fraction of sp³-hybridized carbons (Fsp3) is 0.0769. The minimum Gasteiger partial charge on any atom is -0.310 e. The van der Waals surface area contributed by atoms with Crippen molar-refractivity contribution in [2.75, 3.05) is 4.90 Å². The molecule has 0 fully saturated rings. The number of fused-ring (bicyclic) bond motifs is 13. The maximum Gasteiger partial charge on any atom is 0.0726 e. The summed E-state index contributed by atoms with van der Waals surface area (Å²) in [7, 11) is 0. The number of benzene rings is 8. The summed E-state index contributed by atoms with van der Waals surface area (Å²) in [6.45, 7) is 4.78. The Morgan fingerprint density at radius 2 is 0.792 bits per heavy atom. The van der Waals surface area contributed by atoms with Crippen molar-refractivity contribution in [1.82, 2.24) is 0 Å². The average molecular weight is 676 g/mol. The Bertz CT molecular complexity index is 2710. The maximum atomic E-state index is 2.55. The first-order valence-electron chi connectivity index (χ1n) is 18.7. The quantitative estimate of drug-likeness (QED) is 0.179. The molecule has 0 saturated heterocycles. The highest BCUT2D eigenvalue weighted by Crippen LogP contribution is 2.64. The smallest absolute Gasteiger partial charge is 0.0726 e. The summed E-state index contributed by atoms with van der Waals surface area (Å²) in [4.78, 5) is 2.55. The van der Waals surface area contributed by atoms with E-state index in [1.807, 2.05) is 0 Å². The van der Waals surface area contributed by atoms with Gasteiger partial charge in [0.1, 0.15) is 0 Å². The zero-order valence-corrected chi connectivity index (χ0v) is 29.8. The summed E-state index contributed by atoms with van der Waals surface area (Å²) in [6.07, 6.45) is 0. The third-order valence-corrected chi connectivity index (χ3v) is 12.3. The molecule has 0 radical (unpaired) electrons. The predicted octanol–water partition coefficient (Wildman–Crippen LogP) is 13.5. The molecule has 0 bridgehead atoms. The minimum atomic E-state index is -0.423. The number of para-hydroxylation sites is 1. The van der Waals surface area contributed by atoms with Crippen LogP contribution in [0.4, 0.5) is 17.1 Å². The minimum absolute atomic E-state index is 0.194. The average Bonchev–Trinajstić information content (AvgIpc) is 3.77. The van der Waals surface area contributed by atoms with E-state index in [9.17, 15) is 0 Å². The van der Waals surface area contributed by atoms with E-state index in [1.165, 1.54) is 83.6 Å². The molecule has 8 aromatic rings. The molecule has 0 atom stereocenters. The third-order valence-electron chi connectivity index (χ3n) is 12.3. The van der Waals surface area contributed by atoms with Crippen molar-refractivity contribution >= 4 is 17.1 Å². The summed E-state index contributed by atoms with van der Waals surface area (Å²) in [5.41, 5.74) is 21.4. The van der Waals surface area contributed by atoms with Crippen LogP contribution in [0, 0.1) is 0 Å². The normalized spacial score (nSPS) is 14.5. The van der Waals surface area contributed by atoms with Crippen LogP contribution in [0.15, 0.2) is 188 Å². The Morgan fingerprint density at radius 3 is 1.42 bits per heavy atom. The van der Waals surface area contributed by atoms with Crippen LogP contribution < -0.4 is 4.90 Å². The molecule has 1 spiro atoms. The lowest BCUT2D eigenvalue weighted by Gasteiger charge is -2.35. The van der Waals surface area contributed by atoms with Crippen LogP contribution in [0.25, 0.3) is 44.5 Å². The van der Waals surface area contributed by atoms with E-state index in [4.69, 9.17) is 0 Å². The Balaban J connectivity index is 1.23. The van der Waals surface area contributed by atoms with Crippen molar-refractivity contribution in [3.8, 4) is 44.5 Å². The molecule has 3 aliphatic carbocycles. The molecule has 1 heteroatoms. The maximum absolute atomic E-state index is 2.55. The monoisotopic (exact) mass is 675 g/mol. The molecule has 3 aliphatic rings. The Kier molecular flexibility index (Phi) is 6.29. The second-order valence-corrected chi connectivity index (χ2v) is 15.2. The zero-order valence-electron chi connectivity index (χ0n) is 29.8. The van der Waals surface area contributed by atoms with Crippen molar-refractivity contribution in [3.05, 3.63) is 221 Å². The van der Waals surface area contributed by atoms with E-state index in [0.29, 0.717) is 0 Å². The molecule has 1 nitrogen and oxygen atoms in total. The molecular weight excluding hydrogens is 639 g/mol. The summed E-state index contributed by atoms with van der Waals surface area (Å²) < 4.78 is 0. The van der Waals surface area contributed by atoms with Gasteiger partial charge in [-0.1, -0.05) is 178 Å². The lowest BCUT2D eigenvalue weighted by atomic mass is 9.70. The number of anilines is 3. The van der Waals surface area contributed by atoms with Crippen molar-refractivity contribution in [2.24, 2.45) is 0 Å². The molecule has 8 aromatic carbocycles. The van der Waals surface area contributed by atoms with Gasteiger partial charge < -0.3 is 4.90 Å². The van der Waals surface area contributed by atoms with Crippen molar-refractivity contribution in [1.29, 1.82) is 0 Å². The Morgan fingerprint density at radius 1 is 0.340 bits per heavy atom. The van der Waals surface area contributed by atoms with E-state index in [-0.39, 0.29) is 5.41 Å². The van der Waals surface area contributed by atoms with Gasteiger partial charge in [0, 0.05) is 16.7 Å². The van der Waals surface area contributed by atoms with E-state index in [2.05, 4.69) is 207 Å². The predicted molar refractivity (Wildman–Crippen MR) is 220 cm³/mol. The SMILES string of the molecule is CC1(C)c2ccccc2-c2cccc(N(c3ccc4c(c3)C3(c5ccccc5-c5ccccc53)c3ccccc3-4)c3ccccc3-c3ccccc3)c21. The zero-order chi connectivity index (χ0) is 35.3. The first-order chi connectivity index (χ1) is 26.1. The standard InChI is InChI=1S/C52H37N/c1-51(2)43-25-11-6-23-40(43)42-24-16-30-49(50(42)51)53(48-29-15-10-19-36(48)34-17-4-3-5-18-34)35-31-32-41-39-22-9-14-28-46(39)52(47(41)33-35)44-26-12-7-20-37(44)38-21-8-13-27-45(38)52/h3-33H,1-2H3. The lowest BCUT2D eigenvalue weighted by molar-refractivity contribution is 0.661. The van der Waals surface area contributed by atoms with E-state index in [0.717, 1.165) is 11.4 Å². The largest absolute Gasteiger partial charge is 0.310 e. The van der Waals surface area contributed by atoms with Crippen molar-refractivity contribution in [3.63, 3.8) is 0 Å². The molecule has 0 N–H and O–H groups in total. The molecule has 0 aromatic heterocycles. The first kappa shape index (κ1) is 30.2. The van der Waals surface area contributed by atoms with E-state index < -0.39 is 5.41 Å². The van der Waals surface area contributed by atoms with Crippen molar-refractivity contribution in [2.45, 2.75) is 24.7 Å². The van der Waals surface area contributed by atoms with Crippen LogP contribution in [0.2, 0.25) is 0 Å². The third kappa shape index (κ3) is 3.97. The van der Waals surface area contributed by atoms with Crippen LogP contribution in [0.3, 0.4) is 0 Å². The molecule has 0 amide bonds. The van der Waals surface area contributed by atoms with Gasteiger partial charge in [0.2, 0.25) is 0 Å². The number of hydrogen-bond donors (Lipinski definition) is 0. The molecule has 250 valence electrons. The summed E-state index contributed by atoms with van der Waals surface area (Å²) >= 11 is 0. The van der Waals surface area contributed by atoms with Gasteiger partial charge in [0.25, 0.3) is 0 Å². The molecule has 0 saturated carbocycles. The molecule has 0 heterocycles. The number of nitrogens with zero attached hydrogens (tertiary/aromatic N) is 1. The summed E-state index contributed by atoms with van der Waals surface area (Å²) in [6, 6.07) is 70.1. The second-order valence-electron chi connectivity index (χ2n) is 15.2. The van der Waals surface area contributed by atoms with Gasteiger partial charge in [-0.2, -0.15) is 0 Å². The number of rotatable bonds is 4. The van der Waals surface area contributed by atoms with Gasteiger partial charge >= 0.3 is 0 Å². The first-order valence-corrected chi connectivity index (χ1v) is 18.7. The van der Waals surface area contributed by atoms with Gasteiger partial charge in [0.05, 0.1) is 16.8 Å². The summed E-state index contributed by atoms with van der Waals surface area (Å²) in [5.74, 6) is 0. The Hall–Kier alpha value is -6.44. The van der Waals surface area contributed by atoms with Gasteiger partial charge in [-0.3, -0.25) is 0 Å². The highest BCUT2D eigenvalue weighted by Gasteiger charge is 2.51. The van der Waals surface area contributed by atoms with Gasteiger partial charge in [-0.05, 0) is 96.6 Å². The number of hydrogen-bond acceptors (Lipinski definition) is 1. The van der Waals surface area contributed by atoms with Gasteiger partial charge in [-0.15, -0.1) is 0 Å². The fourth-order valence-electron chi connectivity index (χ4n) is 10.2. The molecular formula is C52H37N. The summed E-state index contributed by atoms with van der Waals surface area (Å²) in [5, 5.41) is 0. The van der Waals surface area contributed by atoms with Crippen LogP contribution in [0.5, 0.6) is 0 Å². The van der Waals surface area contributed by atoms with E-state index in [1.54, 1.807) is 0 Å². The van der Waals surface area contributed by atoms with Crippen LogP contribution >= 0.6 is 0 Å².